The number of halogens is 2. The first-order valence-corrected chi connectivity index (χ1v) is 8.06. The van der Waals surface area contributed by atoms with Gasteiger partial charge in [-0.05, 0) is 30.7 Å². The summed E-state index contributed by atoms with van der Waals surface area (Å²) in [4.78, 5) is 5.93. The van der Waals surface area contributed by atoms with Crippen LogP contribution in [0.2, 0.25) is 0 Å². The lowest BCUT2D eigenvalue weighted by Gasteiger charge is -2.10. The summed E-state index contributed by atoms with van der Waals surface area (Å²) in [5, 5.41) is 8.74. The van der Waals surface area contributed by atoms with Gasteiger partial charge >= 0.3 is 0 Å². The first-order chi connectivity index (χ1) is 11.6. The van der Waals surface area contributed by atoms with E-state index in [1.54, 1.807) is 23.9 Å². The monoisotopic (exact) mass is 344 g/mol. The van der Waals surface area contributed by atoms with Crippen molar-refractivity contribution in [3.05, 3.63) is 64.3 Å². The molecular formula is C18H14F2N2OS. The Hall–Kier alpha value is -2.49. The van der Waals surface area contributed by atoms with Gasteiger partial charge in [0.15, 0.2) is 0 Å². The van der Waals surface area contributed by atoms with Crippen LogP contribution >= 0.6 is 11.3 Å². The quantitative estimate of drug-likeness (QED) is 0.738. The molecule has 0 unspecified atom stereocenters. The molecule has 0 spiro atoms. The van der Waals surface area contributed by atoms with Crippen molar-refractivity contribution in [2.24, 2.45) is 0 Å². The van der Waals surface area contributed by atoms with Gasteiger partial charge in [0, 0.05) is 18.0 Å². The van der Waals surface area contributed by atoms with Crippen molar-refractivity contribution >= 4 is 11.3 Å². The Morgan fingerprint density at radius 3 is 2.88 bits per heavy atom. The van der Waals surface area contributed by atoms with E-state index < -0.39 is 11.6 Å². The molecule has 24 heavy (non-hydrogen) atoms. The maximum Gasteiger partial charge on any atom is 0.150 e. The normalized spacial score (nSPS) is 10.5. The van der Waals surface area contributed by atoms with Crippen LogP contribution in [0.25, 0.3) is 10.7 Å². The summed E-state index contributed by atoms with van der Waals surface area (Å²) in [6.45, 7) is 1.47. The predicted molar refractivity (Wildman–Crippen MR) is 89.7 cm³/mol. The summed E-state index contributed by atoms with van der Waals surface area (Å²) >= 11 is 1.41. The van der Waals surface area contributed by atoms with E-state index in [-0.39, 0.29) is 18.7 Å². The SMILES string of the molecule is Cc1ccc(F)c(Cn2ccnc2-c2ccc(C#CCO)s2)c1F. The average Bonchev–Trinajstić information content (AvgIpc) is 3.22. The van der Waals surface area contributed by atoms with Crippen LogP contribution in [0.1, 0.15) is 16.0 Å². The fraction of sp³-hybridized carbons (Fsp3) is 0.167. The van der Waals surface area contributed by atoms with Crippen molar-refractivity contribution < 1.29 is 13.9 Å². The van der Waals surface area contributed by atoms with Gasteiger partial charge in [-0.1, -0.05) is 17.9 Å². The predicted octanol–water partition coefficient (Wildman–Crippen LogP) is 3.59. The zero-order chi connectivity index (χ0) is 17.1. The molecule has 1 aromatic carbocycles. The molecular weight excluding hydrogens is 330 g/mol. The minimum absolute atomic E-state index is 0.0195. The van der Waals surface area contributed by atoms with Crippen LogP contribution in [0.5, 0.6) is 0 Å². The van der Waals surface area contributed by atoms with Gasteiger partial charge in [-0.25, -0.2) is 13.8 Å². The standard InChI is InChI=1S/C18H14F2N2OS/c1-12-4-6-15(19)14(17(12)20)11-22-9-8-21-18(22)16-7-5-13(24-16)3-2-10-23/h4-9,23H,10-11H2,1H3. The molecule has 0 aliphatic heterocycles. The first-order valence-electron chi connectivity index (χ1n) is 7.24. The van der Waals surface area contributed by atoms with E-state index >= 15 is 0 Å². The van der Waals surface area contributed by atoms with E-state index in [2.05, 4.69) is 16.8 Å². The molecule has 0 bridgehead atoms. The Bertz CT molecular complexity index is 934. The molecule has 3 nitrogen and oxygen atoms in total. The summed E-state index contributed by atoms with van der Waals surface area (Å²) in [6, 6.07) is 6.38. The maximum absolute atomic E-state index is 14.2. The van der Waals surface area contributed by atoms with Crippen LogP contribution in [-0.4, -0.2) is 21.3 Å². The van der Waals surface area contributed by atoms with E-state index in [0.717, 1.165) is 9.75 Å². The van der Waals surface area contributed by atoms with Gasteiger partial charge in [-0.15, -0.1) is 11.3 Å². The summed E-state index contributed by atoms with van der Waals surface area (Å²) in [6.07, 6.45) is 3.29. The third-order valence-corrected chi connectivity index (χ3v) is 4.54. The lowest BCUT2D eigenvalue weighted by molar-refractivity contribution is 0.350. The number of thiophene rings is 1. The lowest BCUT2D eigenvalue weighted by atomic mass is 10.1. The van der Waals surface area contributed by atoms with E-state index in [1.807, 2.05) is 12.1 Å². The van der Waals surface area contributed by atoms with Crippen molar-refractivity contribution in [3.63, 3.8) is 0 Å². The molecule has 0 aliphatic carbocycles. The number of imidazole rings is 1. The van der Waals surface area contributed by atoms with Gasteiger partial charge in [0.25, 0.3) is 0 Å². The Morgan fingerprint density at radius 2 is 2.08 bits per heavy atom. The van der Waals surface area contributed by atoms with Crippen molar-refractivity contribution in [2.45, 2.75) is 13.5 Å². The molecule has 0 saturated heterocycles. The number of benzene rings is 1. The number of nitrogens with zero attached hydrogens (tertiary/aromatic N) is 2. The second-order valence-electron chi connectivity index (χ2n) is 5.16. The molecule has 2 aromatic heterocycles. The van der Waals surface area contributed by atoms with E-state index in [0.29, 0.717) is 11.4 Å². The minimum atomic E-state index is -0.571. The molecule has 3 aromatic rings. The lowest BCUT2D eigenvalue weighted by Crippen LogP contribution is -2.06. The molecule has 0 radical (unpaired) electrons. The number of hydrogen-bond donors (Lipinski definition) is 1. The molecule has 6 heteroatoms. The molecule has 0 fully saturated rings. The summed E-state index contributed by atoms with van der Waals surface area (Å²) in [5.41, 5.74) is 0.428. The maximum atomic E-state index is 14.2. The van der Waals surface area contributed by atoms with Crippen molar-refractivity contribution in [3.8, 4) is 22.5 Å². The first kappa shape index (κ1) is 16.4. The zero-order valence-corrected chi connectivity index (χ0v) is 13.7. The molecule has 2 heterocycles. The zero-order valence-electron chi connectivity index (χ0n) is 12.9. The van der Waals surface area contributed by atoms with Crippen LogP contribution < -0.4 is 0 Å². The average molecular weight is 344 g/mol. The number of rotatable bonds is 3. The van der Waals surface area contributed by atoms with Crippen LogP contribution in [0.3, 0.4) is 0 Å². The Kier molecular flexibility index (Phi) is 4.74. The van der Waals surface area contributed by atoms with Gasteiger partial charge < -0.3 is 9.67 Å². The second-order valence-corrected chi connectivity index (χ2v) is 6.24. The molecule has 0 aliphatic rings. The van der Waals surface area contributed by atoms with Crippen molar-refractivity contribution in [1.82, 2.24) is 9.55 Å². The molecule has 0 atom stereocenters. The van der Waals surface area contributed by atoms with E-state index in [4.69, 9.17) is 5.11 Å². The number of aromatic nitrogens is 2. The van der Waals surface area contributed by atoms with Crippen molar-refractivity contribution in [1.29, 1.82) is 0 Å². The smallest absolute Gasteiger partial charge is 0.150 e. The fourth-order valence-electron chi connectivity index (χ4n) is 2.34. The van der Waals surface area contributed by atoms with Gasteiger partial charge in [-0.3, -0.25) is 0 Å². The van der Waals surface area contributed by atoms with Crippen LogP contribution in [0.15, 0.2) is 36.7 Å². The summed E-state index contributed by atoms with van der Waals surface area (Å²) < 4.78 is 29.9. The third kappa shape index (κ3) is 3.23. The van der Waals surface area contributed by atoms with Crippen LogP contribution in [0, 0.1) is 30.4 Å². The highest BCUT2D eigenvalue weighted by molar-refractivity contribution is 7.15. The summed E-state index contributed by atoms with van der Waals surface area (Å²) in [5.74, 6) is 4.94. The molecule has 0 saturated carbocycles. The Labute approximate surface area is 142 Å². The molecule has 0 amide bonds. The highest BCUT2D eigenvalue weighted by atomic mass is 32.1. The highest BCUT2D eigenvalue weighted by Gasteiger charge is 2.15. The third-order valence-electron chi connectivity index (χ3n) is 3.54. The molecule has 1 N–H and O–H groups in total. The Morgan fingerprint density at radius 1 is 1.25 bits per heavy atom. The number of aliphatic hydroxyl groups is 1. The van der Waals surface area contributed by atoms with E-state index in [9.17, 15) is 8.78 Å². The van der Waals surface area contributed by atoms with Crippen molar-refractivity contribution in [2.75, 3.05) is 6.61 Å². The Balaban J connectivity index is 1.94. The topological polar surface area (TPSA) is 38.0 Å². The van der Waals surface area contributed by atoms with Gasteiger partial charge in [0.2, 0.25) is 0 Å². The van der Waals surface area contributed by atoms with E-state index in [1.165, 1.54) is 23.5 Å². The highest BCUT2D eigenvalue weighted by Crippen LogP contribution is 2.28. The number of aryl methyl sites for hydroxylation is 1. The minimum Gasteiger partial charge on any atom is -0.384 e. The van der Waals surface area contributed by atoms with Gasteiger partial charge in [0.1, 0.15) is 24.1 Å². The van der Waals surface area contributed by atoms with Gasteiger partial charge in [-0.2, -0.15) is 0 Å². The van der Waals surface area contributed by atoms with Crippen LogP contribution in [-0.2, 0) is 6.54 Å². The number of aliphatic hydroxyl groups excluding tert-OH is 1. The molecule has 122 valence electrons. The molecule has 3 rings (SSSR count). The fourth-order valence-corrected chi connectivity index (χ4v) is 3.24. The van der Waals surface area contributed by atoms with Crippen LogP contribution in [0.4, 0.5) is 8.78 Å². The number of hydrogen-bond acceptors (Lipinski definition) is 3. The second kappa shape index (κ2) is 6.95. The summed E-state index contributed by atoms with van der Waals surface area (Å²) in [7, 11) is 0. The van der Waals surface area contributed by atoms with Gasteiger partial charge in [0.05, 0.1) is 16.3 Å². The largest absolute Gasteiger partial charge is 0.384 e.